The average Bonchev–Trinajstić information content (AvgIpc) is 3.02. The molecule has 1 N–H and O–H groups in total. The minimum absolute atomic E-state index is 0.186. The van der Waals surface area contributed by atoms with Crippen LogP contribution in [-0.2, 0) is 4.79 Å². The van der Waals surface area contributed by atoms with E-state index in [0.717, 1.165) is 11.1 Å². The summed E-state index contributed by atoms with van der Waals surface area (Å²) in [5.74, 6) is 0.579. The highest BCUT2D eigenvalue weighted by molar-refractivity contribution is 7.16. The second-order valence-corrected chi connectivity index (χ2v) is 6.83. The Hall–Kier alpha value is -2.93. The van der Waals surface area contributed by atoms with Crippen LogP contribution in [0.4, 0.5) is 0 Å². The molecule has 1 atom stereocenters. The molecule has 1 aromatic carbocycles. The van der Waals surface area contributed by atoms with E-state index in [0.29, 0.717) is 22.6 Å². The first-order valence-corrected chi connectivity index (χ1v) is 9.46. The molecule has 27 heavy (non-hydrogen) atoms. The van der Waals surface area contributed by atoms with Crippen molar-refractivity contribution in [3.63, 3.8) is 0 Å². The predicted octanol–water partition coefficient (Wildman–Crippen LogP) is 3.85. The predicted molar refractivity (Wildman–Crippen MR) is 106 cm³/mol. The van der Waals surface area contributed by atoms with Crippen molar-refractivity contribution >= 4 is 33.5 Å². The number of ether oxygens (including phenoxy) is 1. The van der Waals surface area contributed by atoms with Gasteiger partial charge in [0.1, 0.15) is 16.6 Å². The second kappa shape index (κ2) is 8.18. The molecule has 0 aliphatic carbocycles. The van der Waals surface area contributed by atoms with Crippen molar-refractivity contribution in [1.82, 2.24) is 10.3 Å². The molecule has 0 fully saturated rings. The minimum atomic E-state index is -0.538. The standard InChI is InChI=1S/C20H20N2O4S/c1-4-25-15-8-6-5-7-14(15)9-10-16(23)21-13(3)18-22-19-17(20(24)26-18)12(2)11-27-19/h5-11,13H,4H2,1-3H3,(H,21,23)/b10-9+/t13-/m0/s1. The van der Waals surface area contributed by atoms with Crippen LogP contribution in [-0.4, -0.2) is 17.5 Å². The van der Waals surface area contributed by atoms with E-state index in [2.05, 4.69) is 10.3 Å². The number of carbonyl (C=O) groups excluding carboxylic acids is 1. The number of rotatable bonds is 6. The minimum Gasteiger partial charge on any atom is -0.493 e. The van der Waals surface area contributed by atoms with Crippen LogP contribution in [0.3, 0.4) is 0 Å². The van der Waals surface area contributed by atoms with Crippen LogP contribution < -0.4 is 15.7 Å². The Morgan fingerprint density at radius 2 is 2.19 bits per heavy atom. The summed E-state index contributed by atoms with van der Waals surface area (Å²) in [5.41, 5.74) is 1.22. The van der Waals surface area contributed by atoms with Crippen molar-refractivity contribution in [3.8, 4) is 5.75 Å². The summed E-state index contributed by atoms with van der Waals surface area (Å²) in [6.07, 6.45) is 3.10. The molecule has 0 saturated carbocycles. The number of aryl methyl sites for hydroxylation is 1. The molecular formula is C20H20N2O4S. The Morgan fingerprint density at radius 3 is 2.96 bits per heavy atom. The second-order valence-electron chi connectivity index (χ2n) is 5.97. The molecule has 0 radical (unpaired) electrons. The molecular weight excluding hydrogens is 364 g/mol. The van der Waals surface area contributed by atoms with Gasteiger partial charge in [0.15, 0.2) is 0 Å². The van der Waals surface area contributed by atoms with Crippen LogP contribution in [0.2, 0.25) is 0 Å². The summed E-state index contributed by atoms with van der Waals surface area (Å²) in [4.78, 5) is 29.4. The topological polar surface area (TPSA) is 81.4 Å². The third kappa shape index (κ3) is 4.25. The molecule has 140 valence electrons. The number of carbonyl (C=O) groups is 1. The molecule has 0 spiro atoms. The summed E-state index contributed by atoms with van der Waals surface area (Å²) in [6.45, 7) is 6.01. The first-order chi connectivity index (χ1) is 13.0. The van der Waals surface area contributed by atoms with Crippen molar-refractivity contribution < 1.29 is 13.9 Å². The third-order valence-electron chi connectivity index (χ3n) is 3.93. The van der Waals surface area contributed by atoms with Gasteiger partial charge in [-0.15, -0.1) is 11.3 Å². The first kappa shape index (κ1) is 18.8. The van der Waals surface area contributed by atoms with Crippen molar-refractivity contribution in [2.75, 3.05) is 6.61 Å². The summed E-state index contributed by atoms with van der Waals surface area (Å²) < 4.78 is 10.8. The van der Waals surface area contributed by atoms with Gasteiger partial charge in [-0.1, -0.05) is 18.2 Å². The molecule has 7 heteroatoms. The van der Waals surface area contributed by atoms with Gasteiger partial charge in [-0.3, -0.25) is 4.79 Å². The SMILES string of the molecule is CCOc1ccccc1/C=C/C(=O)N[C@@H](C)c1nc2scc(C)c2c(=O)o1. The van der Waals surface area contributed by atoms with Gasteiger partial charge in [0.25, 0.3) is 0 Å². The van der Waals surface area contributed by atoms with Crippen LogP contribution in [0, 0.1) is 6.92 Å². The number of para-hydroxylation sites is 1. The van der Waals surface area contributed by atoms with E-state index in [1.807, 2.05) is 43.5 Å². The highest BCUT2D eigenvalue weighted by Crippen LogP contribution is 2.22. The van der Waals surface area contributed by atoms with Crippen LogP contribution >= 0.6 is 11.3 Å². The van der Waals surface area contributed by atoms with Gasteiger partial charge in [-0.05, 0) is 43.9 Å². The molecule has 3 rings (SSSR count). The van der Waals surface area contributed by atoms with E-state index in [-0.39, 0.29) is 11.8 Å². The molecule has 0 saturated heterocycles. The maximum Gasteiger partial charge on any atom is 0.348 e. The molecule has 2 aromatic heterocycles. The van der Waals surface area contributed by atoms with Crippen molar-refractivity contribution in [2.24, 2.45) is 0 Å². The van der Waals surface area contributed by atoms with Gasteiger partial charge in [0, 0.05) is 11.6 Å². The molecule has 6 nitrogen and oxygen atoms in total. The Morgan fingerprint density at radius 1 is 1.41 bits per heavy atom. The highest BCUT2D eigenvalue weighted by Gasteiger charge is 2.16. The summed E-state index contributed by atoms with van der Waals surface area (Å²) in [5, 5.41) is 5.12. The van der Waals surface area contributed by atoms with E-state index in [1.165, 1.54) is 17.4 Å². The number of nitrogens with one attached hydrogen (secondary N) is 1. The van der Waals surface area contributed by atoms with Gasteiger partial charge < -0.3 is 14.5 Å². The fourth-order valence-electron chi connectivity index (χ4n) is 2.61. The van der Waals surface area contributed by atoms with Crippen LogP contribution in [0.15, 0.2) is 44.9 Å². The molecule has 3 aromatic rings. The van der Waals surface area contributed by atoms with Gasteiger partial charge in [0.05, 0.1) is 12.0 Å². The Kier molecular flexibility index (Phi) is 5.71. The van der Waals surface area contributed by atoms with E-state index in [1.54, 1.807) is 13.0 Å². The third-order valence-corrected chi connectivity index (χ3v) is 4.92. The van der Waals surface area contributed by atoms with Crippen molar-refractivity contribution in [2.45, 2.75) is 26.8 Å². The number of hydrogen-bond donors (Lipinski definition) is 1. The van der Waals surface area contributed by atoms with E-state index >= 15 is 0 Å². The molecule has 0 aliphatic rings. The van der Waals surface area contributed by atoms with Gasteiger partial charge in [0.2, 0.25) is 11.8 Å². The largest absolute Gasteiger partial charge is 0.493 e. The lowest BCUT2D eigenvalue weighted by atomic mass is 10.2. The Balaban J connectivity index is 1.74. The molecule has 2 heterocycles. The highest BCUT2D eigenvalue weighted by atomic mass is 32.1. The number of amides is 1. The zero-order chi connectivity index (χ0) is 19.4. The summed E-state index contributed by atoms with van der Waals surface area (Å²) in [6, 6.07) is 6.93. The Bertz CT molecular complexity index is 1050. The fourth-order valence-corrected chi connectivity index (χ4v) is 3.52. The van der Waals surface area contributed by atoms with E-state index < -0.39 is 11.7 Å². The van der Waals surface area contributed by atoms with Crippen molar-refractivity contribution in [3.05, 3.63) is 63.2 Å². The molecule has 0 aliphatic heterocycles. The summed E-state index contributed by atoms with van der Waals surface area (Å²) in [7, 11) is 0. The van der Waals surface area contributed by atoms with Crippen LogP contribution in [0.5, 0.6) is 5.75 Å². The average molecular weight is 384 g/mol. The van der Waals surface area contributed by atoms with Crippen LogP contribution in [0.25, 0.3) is 16.3 Å². The lowest BCUT2D eigenvalue weighted by Gasteiger charge is -2.10. The number of nitrogens with zero attached hydrogens (tertiary/aromatic N) is 1. The van der Waals surface area contributed by atoms with E-state index in [4.69, 9.17) is 9.15 Å². The monoisotopic (exact) mass is 384 g/mol. The molecule has 0 unspecified atom stereocenters. The van der Waals surface area contributed by atoms with Crippen molar-refractivity contribution in [1.29, 1.82) is 0 Å². The normalized spacial score (nSPS) is 12.4. The fraction of sp³-hybridized carbons (Fsp3) is 0.250. The quantitative estimate of drug-likeness (QED) is 0.653. The number of benzene rings is 1. The number of fused-ring (bicyclic) bond motifs is 1. The number of hydrogen-bond acceptors (Lipinski definition) is 6. The maximum atomic E-state index is 12.2. The lowest BCUT2D eigenvalue weighted by molar-refractivity contribution is -0.117. The molecule has 1 amide bonds. The zero-order valence-corrected chi connectivity index (χ0v) is 16.1. The summed E-state index contributed by atoms with van der Waals surface area (Å²) >= 11 is 1.38. The molecule has 0 bridgehead atoms. The van der Waals surface area contributed by atoms with Gasteiger partial charge in [-0.25, -0.2) is 9.78 Å². The zero-order valence-electron chi connectivity index (χ0n) is 15.3. The Labute approximate surface area is 160 Å². The van der Waals surface area contributed by atoms with Crippen LogP contribution in [0.1, 0.15) is 36.9 Å². The number of aromatic nitrogens is 1. The smallest absolute Gasteiger partial charge is 0.348 e. The lowest BCUT2D eigenvalue weighted by Crippen LogP contribution is -2.26. The van der Waals surface area contributed by atoms with Gasteiger partial charge >= 0.3 is 5.63 Å². The van der Waals surface area contributed by atoms with Gasteiger partial charge in [-0.2, -0.15) is 0 Å². The first-order valence-electron chi connectivity index (χ1n) is 8.58. The maximum absolute atomic E-state index is 12.2. The van der Waals surface area contributed by atoms with E-state index in [9.17, 15) is 9.59 Å². The number of thiophene rings is 1.